The lowest BCUT2D eigenvalue weighted by molar-refractivity contribution is -0.117. The summed E-state index contributed by atoms with van der Waals surface area (Å²) in [4.78, 5) is 11.1. The highest BCUT2D eigenvalue weighted by Gasteiger charge is 2.06. The van der Waals surface area contributed by atoms with E-state index in [1.54, 1.807) is 6.92 Å². The van der Waals surface area contributed by atoms with Crippen molar-refractivity contribution in [3.63, 3.8) is 0 Å². The van der Waals surface area contributed by atoms with Crippen molar-refractivity contribution in [2.45, 2.75) is 33.3 Å². The monoisotopic (exact) mass is 282 g/mol. The lowest BCUT2D eigenvalue weighted by Crippen LogP contribution is -2.05. The Morgan fingerprint density at radius 1 is 1.00 bits per heavy atom. The number of carbonyl (C=O) groups excluding carboxylic acids is 1. The number of benzene rings is 2. The molecule has 2 aromatic carbocycles. The van der Waals surface area contributed by atoms with E-state index in [-0.39, 0.29) is 5.78 Å². The van der Waals surface area contributed by atoms with Gasteiger partial charge in [0, 0.05) is 6.42 Å². The van der Waals surface area contributed by atoms with E-state index < -0.39 is 0 Å². The molecule has 0 spiro atoms. The summed E-state index contributed by atoms with van der Waals surface area (Å²) in [7, 11) is 0. The van der Waals surface area contributed by atoms with Gasteiger partial charge in [0.05, 0.1) is 0 Å². The number of Topliss-reactive ketones (excluding diaryl/α,β-unsaturated/α-hetero) is 1. The van der Waals surface area contributed by atoms with Gasteiger partial charge in [-0.3, -0.25) is 0 Å². The minimum atomic E-state index is 0.255. The first kappa shape index (κ1) is 15.3. The van der Waals surface area contributed by atoms with Crippen LogP contribution in [0.15, 0.2) is 54.6 Å². The summed E-state index contributed by atoms with van der Waals surface area (Å²) in [6.07, 6.45) is 1.57. The number of hydrogen-bond acceptors (Lipinski definition) is 2. The highest BCUT2D eigenvalue weighted by Crippen LogP contribution is 2.17. The van der Waals surface area contributed by atoms with Crippen LogP contribution < -0.4 is 4.74 Å². The summed E-state index contributed by atoms with van der Waals surface area (Å²) in [5.74, 6) is 1.52. The number of hydrogen-bond donors (Lipinski definition) is 0. The topological polar surface area (TPSA) is 26.3 Å². The van der Waals surface area contributed by atoms with Crippen LogP contribution in [0, 0.1) is 5.92 Å². The quantitative estimate of drug-likeness (QED) is 0.751. The number of ether oxygens (including phenoxy) is 1. The Kier molecular flexibility index (Phi) is 5.56. The van der Waals surface area contributed by atoms with Gasteiger partial charge in [-0.2, -0.15) is 0 Å². The van der Waals surface area contributed by atoms with Crippen molar-refractivity contribution in [2.75, 3.05) is 0 Å². The fourth-order valence-electron chi connectivity index (χ4n) is 2.43. The predicted molar refractivity (Wildman–Crippen MR) is 85.4 cm³/mol. The predicted octanol–water partition coefficient (Wildman–Crippen LogP) is 4.42. The van der Waals surface area contributed by atoms with Gasteiger partial charge in [0.25, 0.3) is 0 Å². The summed E-state index contributed by atoms with van der Waals surface area (Å²) in [6, 6.07) is 18.3. The molecule has 0 heterocycles. The van der Waals surface area contributed by atoms with Crippen molar-refractivity contribution in [1.29, 1.82) is 0 Å². The zero-order valence-electron chi connectivity index (χ0n) is 12.7. The molecule has 0 aliphatic carbocycles. The maximum absolute atomic E-state index is 11.1. The van der Waals surface area contributed by atoms with E-state index in [0.29, 0.717) is 18.9 Å². The van der Waals surface area contributed by atoms with Crippen LogP contribution in [0.25, 0.3) is 0 Å². The molecule has 2 nitrogen and oxygen atoms in total. The molecular weight excluding hydrogens is 260 g/mol. The van der Waals surface area contributed by atoms with Gasteiger partial charge in [0.15, 0.2) is 0 Å². The normalized spacial score (nSPS) is 11.9. The highest BCUT2D eigenvalue weighted by molar-refractivity contribution is 5.75. The minimum absolute atomic E-state index is 0.255. The van der Waals surface area contributed by atoms with E-state index in [1.165, 1.54) is 5.56 Å². The molecule has 21 heavy (non-hydrogen) atoms. The van der Waals surface area contributed by atoms with Crippen molar-refractivity contribution in [3.05, 3.63) is 65.7 Å². The summed E-state index contributed by atoms with van der Waals surface area (Å²) < 4.78 is 5.76. The van der Waals surface area contributed by atoms with Gasteiger partial charge in [0.1, 0.15) is 18.1 Å². The number of carbonyl (C=O) groups is 1. The van der Waals surface area contributed by atoms with Gasteiger partial charge in [-0.1, -0.05) is 49.4 Å². The Hall–Kier alpha value is -2.09. The first-order chi connectivity index (χ1) is 10.1. The molecule has 0 saturated carbocycles. The largest absolute Gasteiger partial charge is 0.489 e. The maximum atomic E-state index is 11.1. The Labute approximate surface area is 126 Å². The van der Waals surface area contributed by atoms with Crippen molar-refractivity contribution >= 4 is 5.78 Å². The summed E-state index contributed by atoms with van der Waals surface area (Å²) in [5.41, 5.74) is 2.41. The molecule has 0 amide bonds. The van der Waals surface area contributed by atoms with Crippen LogP contribution in [0.5, 0.6) is 5.75 Å². The van der Waals surface area contributed by atoms with Crippen LogP contribution in [0.3, 0.4) is 0 Å². The number of ketones is 1. The molecule has 0 radical (unpaired) electrons. The van der Waals surface area contributed by atoms with Crippen molar-refractivity contribution in [2.24, 2.45) is 5.92 Å². The Balaban J connectivity index is 1.85. The molecule has 1 unspecified atom stereocenters. The van der Waals surface area contributed by atoms with E-state index in [2.05, 4.69) is 31.2 Å². The molecule has 0 aliphatic heterocycles. The smallest absolute Gasteiger partial charge is 0.130 e. The lowest BCUT2D eigenvalue weighted by atomic mass is 9.96. The van der Waals surface area contributed by atoms with Crippen LogP contribution in [-0.4, -0.2) is 5.78 Å². The zero-order valence-corrected chi connectivity index (χ0v) is 12.7. The Morgan fingerprint density at radius 2 is 1.67 bits per heavy atom. The van der Waals surface area contributed by atoms with Crippen LogP contribution >= 0.6 is 0 Å². The SMILES string of the molecule is CC(=O)CC(C)Cc1ccc(OCc2ccccc2)cc1. The van der Waals surface area contributed by atoms with Gasteiger partial charge >= 0.3 is 0 Å². The fourth-order valence-corrected chi connectivity index (χ4v) is 2.43. The van der Waals surface area contributed by atoms with Crippen LogP contribution in [0.4, 0.5) is 0 Å². The van der Waals surface area contributed by atoms with Gasteiger partial charge in [-0.25, -0.2) is 0 Å². The average molecular weight is 282 g/mol. The third-order valence-corrected chi connectivity index (χ3v) is 3.39. The second-order valence-corrected chi connectivity index (χ2v) is 5.63. The molecule has 1 atom stereocenters. The molecular formula is C19H22O2. The van der Waals surface area contributed by atoms with Crippen molar-refractivity contribution in [1.82, 2.24) is 0 Å². The van der Waals surface area contributed by atoms with Crippen LogP contribution in [0.2, 0.25) is 0 Å². The minimum Gasteiger partial charge on any atom is -0.489 e. The lowest BCUT2D eigenvalue weighted by Gasteiger charge is -2.10. The molecule has 0 N–H and O–H groups in total. The molecule has 0 aliphatic rings. The second-order valence-electron chi connectivity index (χ2n) is 5.63. The van der Waals surface area contributed by atoms with Crippen LogP contribution in [0.1, 0.15) is 31.4 Å². The van der Waals surface area contributed by atoms with Gasteiger partial charge in [-0.05, 0) is 42.5 Å². The zero-order chi connectivity index (χ0) is 15.1. The van der Waals surface area contributed by atoms with E-state index in [9.17, 15) is 4.79 Å². The van der Waals surface area contributed by atoms with E-state index >= 15 is 0 Å². The Bertz CT molecular complexity index is 558. The van der Waals surface area contributed by atoms with Gasteiger partial charge in [-0.15, -0.1) is 0 Å². The molecule has 110 valence electrons. The standard InChI is InChI=1S/C19H22O2/c1-15(12-16(2)20)13-17-8-10-19(11-9-17)21-14-18-6-4-3-5-7-18/h3-11,15H,12-14H2,1-2H3. The third kappa shape index (κ3) is 5.42. The second kappa shape index (κ2) is 7.63. The first-order valence-corrected chi connectivity index (χ1v) is 7.38. The van der Waals surface area contributed by atoms with E-state index in [0.717, 1.165) is 17.7 Å². The summed E-state index contributed by atoms with van der Waals surface area (Å²) in [6.45, 7) is 4.35. The highest BCUT2D eigenvalue weighted by atomic mass is 16.5. The number of rotatable bonds is 7. The van der Waals surface area contributed by atoms with Crippen molar-refractivity contribution < 1.29 is 9.53 Å². The Morgan fingerprint density at radius 3 is 2.29 bits per heavy atom. The molecule has 0 fully saturated rings. The summed E-state index contributed by atoms with van der Waals surface area (Å²) in [5, 5.41) is 0. The van der Waals surface area contributed by atoms with E-state index in [4.69, 9.17) is 4.74 Å². The molecule has 2 aromatic rings. The molecule has 2 rings (SSSR count). The molecule has 0 aromatic heterocycles. The van der Waals surface area contributed by atoms with Gasteiger partial charge in [0.2, 0.25) is 0 Å². The van der Waals surface area contributed by atoms with E-state index in [1.807, 2.05) is 30.3 Å². The van der Waals surface area contributed by atoms with Crippen molar-refractivity contribution in [3.8, 4) is 5.75 Å². The fraction of sp³-hybridized carbons (Fsp3) is 0.316. The summed E-state index contributed by atoms with van der Waals surface area (Å²) >= 11 is 0. The third-order valence-electron chi connectivity index (χ3n) is 3.39. The molecule has 2 heteroatoms. The van der Waals surface area contributed by atoms with Gasteiger partial charge < -0.3 is 9.53 Å². The first-order valence-electron chi connectivity index (χ1n) is 7.38. The van der Waals surface area contributed by atoms with Crippen LogP contribution in [-0.2, 0) is 17.8 Å². The average Bonchev–Trinajstić information content (AvgIpc) is 2.47. The molecule has 0 saturated heterocycles. The maximum Gasteiger partial charge on any atom is 0.130 e. The molecule has 0 bridgehead atoms.